The molecule has 25 heavy (non-hydrogen) atoms. The molecule has 0 saturated carbocycles. The Balaban J connectivity index is 1.71. The Morgan fingerprint density at radius 2 is 2.04 bits per heavy atom. The van der Waals surface area contributed by atoms with E-state index in [9.17, 15) is 4.79 Å². The van der Waals surface area contributed by atoms with Gasteiger partial charge in [-0.2, -0.15) is 0 Å². The normalized spacial score (nSPS) is 16.8. The van der Waals surface area contributed by atoms with E-state index in [0.29, 0.717) is 37.8 Å². The first-order valence-corrected chi connectivity index (χ1v) is 8.71. The van der Waals surface area contributed by atoms with Crippen molar-refractivity contribution < 1.29 is 18.4 Å². The van der Waals surface area contributed by atoms with Gasteiger partial charge >= 0.3 is 0 Å². The molecule has 1 aliphatic heterocycles. The first kappa shape index (κ1) is 17.7. The van der Waals surface area contributed by atoms with Crippen LogP contribution in [0.1, 0.15) is 46.6 Å². The third kappa shape index (κ3) is 4.11. The van der Waals surface area contributed by atoms with Crippen molar-refractivity contribution in [1.82, 2.24) is 15.2 Å². The minimum Gasteiger partial charge on any atom is -0.465 e. The summed E-state index contributed by atoms with van der Waals surface area (Å²) in [6.45, 7) is 9.07. The van der Waals surface area contributed by atoms with E-state index < -0.39 is 0 Å². The third-order valence-electron chi connectivity index (χ3n) is 4.38. The van der Waals surface area contributed by atoms with Crippen molar-refractivity contribution in [1.29, 1.82) is 0 Å². The van der Waals surface area contributed by atoms with Crippen molar-refractivity contribution in [2.45, 2.75) is 33.2 Å². The lowest BCUT2D eigenvalue weighted by atomic mass is 10.1. The number of nitrogens with one attached hydrogen (secondary N) is 1. The second-order valence-electron chi connectivity index (χ2n) is 6.20. The van der Waals surface area contributed by atoms with Crippen LogP contribution in [0.25, 0.3) is 0 Å². The summed E-state index contributed by atoms with van der Waals surface area (Å²) in [7, 11) is 0. The lowest BCUT2D eigenvalue weighted by Crippen LogP contribution is -2.43. The molecule has 0 radical (unpaired) electrons. The summed E-state index contributed by atoms with van der Waals surface area (Å²) < 4.78 is 16.8. The van der Waals surface area contributed by atoms with Crippen LogP contribution in [0.5, 0.6) is 0 Å². The molecule has 1 saturated heterocycles. The Bertz CT molecular complexity index is 716. The summed E-state index contributed by atoms with van der Waals surface area (Å²) in [5.41, 5.74) is 0.617. The molecule has 1 fully saturated rings. The van der Waals surface area contributed by atoms with Gasteiger partial charge in [-0.25, -0.2) is 4.98 Å². The lowest BCUT2D eigenvalue weighted by molar-refractivity contribution is 0.0116. The number of carbonyl (C=O) groups is 1. The molecular formula is C18H25N3O4. The Labute approximate surface area is 147 Å². The summed E-state index contributed by atoms with van der Waals surface area (Å²) in [6, 6.07) is 3.88. The monoisotopic (exact) mass is 347 g/mol. The van der Waals surface area contributed by atoms with Crippen molar-refractivity contribution in [3.63, 3.8) is 0 Å². The molecule has 7 heteroatoms. The van der Waals surface area contributed by atoms with Crippen molar-refractivity contribution in [2.24, 2.45) is 0 Å². The zero-order chi connectivity index (χ0) is 17.8. The van der Waals surface area contributed by atoms with Gasteiger partial charge in [0.05, 0.1) is 24.9 Å². The maximum absolute atomic E-state index is 12.5. The zero-order valence-corrected chi connectivity index (χ0v) is 15.0. The molecule has 3 rings (SSSR count). The van der Waals surface area contributed by atoms with Crippen LogP contribution in [0, 0.1) is 13.8 Å². The fraction of sp³-hybridized carbons (Fsp3) is 0.556. The van der Waals surface area contributed by atoms with Gasteiger partial charge in [0.1, 0.15) is 11.5 Å². The van der Waals surface area contributed by atoms with Crippen LogP contribution in [0.15, 0.2) is 21.0 Å². The van der Waals surface area contributed by atoms with Gasteiger partial charge in [-0.1, -0.05) is 6.92 Å². The number of amides is 1. The average Bonchev–Trinajstić information content (AvgIpc) is 3.21. The molecule has 1 aliphatic rings. The third-order valence-corrected chi connectivity index (χ3v) is 4.38. The molecular weight excluding hydrogens is 322 g/mol. The number of aryl methyl sites for hydroxylation is 3. The molecule has 1 N–H and O–H groups in total. The average molecular weight is 347 g/mol. The maximum atomic E-state index is 12.5. The van der Waals surface area contributed by atoms with Crippen LogP contribution in [0.3, 0.4) is 0 Å². The van der Waals surface area contributed by atoms with Gasteiger partial charge in [0.15, 0.2) is 5.89 Å². The van der Waals surface area contributed by atoms with E-state index in [1.165, 1.54) is 0 Å². The van der Waals surface area contributed by atoms with Crippen LogP contribution in [-0.4, -0.2) is 48.6 Å². The second-order valence-corrected chi connectivity index (χ2v) is 6.20. The first-order valence-electron chi connectivity index (χ1n) is 8.71. The van der Waals surface area contributed by atoms with Gasteiger partial charge in [-0.3, -0.25) is 9.69 Å². The Morgan fingerprint density at radius 3 is 2.64 bits per heavy atom. The molecule has 3 heterocycles. The number of ether oxygens (including phenoxy) is 1. The smallest absolute Gasteiger partial charge is 0.289 e. The van der Waals surface area contributed by atoms with Crippen LogP contribution in [-0.2, 0) is 11.2 Å². The maximum Gasteiger partial charge on any atom is 0.289 e. The highest BCUT2D eigenvalue weighted by molar-refractivity contribution is 5.92. The fourth-order valence-corrected chi connectivity index (χ4v) is 3.02. The molecule has 0 bridgehead atoms. The molecule has 136 valence electrons. The van der Waals surface area contributed by atoms with Gasteiger partial charge in [0.2, 0.25) is 5.76 Å². The summed E-state index contributed by atoms with van der Waals surface area (Å²) in [5, 5.41) is 2.97. The molecule has 2 aromatic rings. The van der Waals surface area contributed by atoms with E-state index >= 15 is 0 Å². The van der Waals surface area contributed by atoms with Gasteiger partial charge in [0, 0.05) is 26.1 Å². The summed E-state index contributed by atoms with van der Waals surface area (Å²) in [4.78, 5) is 19.0. The molecule has 1 amide bonds. The molecule has 7 nitrogen and oxygen atoms in total. The Hall–Kier alpha value is -2.12. The molecule has 2 aromatic heterocycles. The van der Waals surface area contributed by atoms with Gasteiger partial charge in [-0.05, 0) is 26.0 Å². The van der Waals surface area contributed by atoms with Gasteiger partial charge in [0.25, 0.3) is 5.91 Å². The molecule has 0 aliphatic carbocycles. The summed E-state index contributed by atoms with van der Waals surface area (Å²) in [6.07, 6.45) is 0.663. The number of hydrogen-bond donors (Lipinski definition) is 1. The number of morpholine rings is 1. The second kappa shape index (κ2) is 7.84. The number of hydrogen-bond acceptors (Lipinski definition) is 6. The zero-order valence-electron chi connectivity index (χ0n) is 15.0. The lowest BCUT2D eigenvalue weighted by Gasteiger charge is -2.33. The van der Waals surface area contributed by atoms with Gasteiger partial charge in [-0.15, -0.1) is 0 Å². The number of rotatable bonds is 6. The van der Waals surface area contributed by atoms with Crippen LogP contribution in [0.4, 0.5) is 0 Å². The van der Waals surface area contributed by atoms with E-state index in [-0.39, 0.29) is 17.7 Å². The highest BCUT2D eigenvalue weighted by Gasteiger charge is 2.27. The van der Waals surface area contributed by atoms with E-state index in [0.717, 1.165) is 24.6 Å². The van der Waals surface area contributed by atoms with Crippen molar-refractivity contribution >= 4 is 5.91 Å². The number of nitrogens with zero attached hydrogens (tertiary/aromatic N) is 2. The summed E-state index contributed by atoms with van der Waals surface area (Å²) in [5.74, 6) is 2.33. The predicted molar refractivity (Wildman–Crippen MR) is 91.5 cm³/mol. The largest absolute Gasteiger partial charge is 0.465 e. The van der Waals surface area contributed by atoms with Crippen molar-refractivity contribution in [2.75, 3.05) is 32.8 Å². The highest BCUT2D eigenvalue weighted by Crippen LogP contribution is 2.23. The van der Waals surface area contributed by atoms with E-state index in [1.807, 2.05) is 26.0 Å². The molecule has 0 unspecified atom stereocenters. The van der Waals surface area contributed by atoms with Crippen LogP contribution < -0.4 is 5.32 Å². The van der Waals surface area contributed by atoms with Crippen LogP contribution in [0.2, 0.25) is 0 Å². The first-order chi connectivity index (χ1) is 12.1. The highest BCUT2D eigenvalue weighted by atomic mass is 16.5. The minimum absolute atomic E-state index is 0.0320. The van der Waals surface area contributed by atoms with E-state index in [2.05, 4.69) is 15.2 Å². The quantitative estimate of drug-likeness (QED) is 0.863. The number of aromatic nitrogens is 1. The van der Waals surface area contributed by atoms with Crippen molar-refractivity contribution in [3.05, 3.63) is 41.0 Å². The number of furan rings is 1. The Kier molecular flexibility index (Phi) is 5.55. The fourth-order valence-electron chi connectivity index (χ4n) is 3.02. The van der Waals surface area contributed by atoms with E-state index in [4.69, 9.17) is 13.6 Å². The SMILES string of the molecule is CCc1nc(C)c(C(=O)NC[C@@H](c2ccc(C)o2)N2CCOCC2)o1. The topological polar surface area (TPSA) is 80.7 Å². The Morgan fingerprint density at radius 1 is 1.28 bits per heavy atom. The number of carbonyl (C=O) groups excluding carboxylic acids is 1. The molecule has 0 aromatic carbocycles. The molecule has 1 atom stereocenters. The van der Waals surface area contributed by atoms with Gasteiger partial charge < -0.3 is 18.9 Å². The number of oxazole rings is 1. The van der Waals surface area contributed by atoms with Crippen molar-refractivity contribution in [3.8, 4) is 0 Å². The molecule has 0 spiro atoms. The van der Waals surface area contributed by atoms with Crippen LogP contribution >= 0.6 is 0 Å². The minimum atomic E-state index is -0.244. The summed E-state index contributed by atoms with van der Waals surface area (Å²) >= 11 is 0. The predicted octanol–water partition coefficient (Wildman–Crippen LogP) is 2.25. The van der Waals surface area contributed by atoms with E-state index in [1.54, 1.807) is 6.92 Å². The standard InChI is InChI=1S/C18H25N3O4/c1-4-16-20-13(3)17(25-16)18(22)19-11-14(15-6-5-12(2)24-15)21-7-9-23-10-8-21/h5-6,14H,4,7-11H2,1-3H3,(H,19,22)/t14-/m0/s1.